The lowest BCUT2D eigenvalue weighted by Gasteiger charge is -2.31. The summed E-state index contributed by atoms with van der Waals surface area (Å²) in [6.07, 6.45) is 1.09. The van der Waals surface area contributed by atoms with Crippen molar-refractivity contribution in [2.24, 2.45) is 0 Å². The number of rotatable bonds is 6. The van der Waals surface area contributed by atoms with Crippen molar-refractivity contribution in [2.45, 2.75) is 25.4 Å². The van der Waals surface area contributed by atoms with Gasteiger partial charge in [0.25, 0.3) is 0 Å². The summed E-state index contributed by atoms with van der Waals surface area (Å²) >= 11 is 0. The van der Waals surface area contributed by atoms with Gasteiger partial charge in [-0.1, -0.05) is 50.2 Å². The van der Waals surface area contributed by atoms with Crippen LogP contribution >= 0.6 is 0 Å². The first-order valence-electron chi connectivity index (χ1n) is 8.88. The highest BCUT2D eigenvalue weighted by atomic mass is 16.5. The Morgan fingerprint density at radius 1 is 0.889 bits per heavy atom. The van der Waals surface area contributed by atoms with E-state index in [4.69, 9.17) is 9.47 Å². The monoisotopic (exact) mass is 363 g/mol. The number of ether oxygens (including phenoxy) is 2. The maximum absolute atomic E-state index is 11.1. The maximum Gasteiger partial charge on any atom is 0.122 e. The van der Waals surface area contributed by atoms with E-state index in [9.17, 15) is 5.11 Å². The molecule has 4 nitrogen and oxygen atoms in total. The fraction of sp³-hybridized carbons (Fsp3) is 0.261. The van der Waals surface area contributed by atoms with Crippen LogP contribution < -0.4 is 9.47 Å². The summed E-state index contributed by atoms with van der Waals surface area (Å²) in [5.41, 5.74) is 3.13. The maximum atomic E-state index is 11.1. The van der Waals surface area contributed by atoms with Crippen LogP contribution in [-0.2, 0) is 5.41 Å². The topological polar surface area (TPSA) is 51.6 Å². The van der Waals surface area contributed by atoms with E-state index < -0.39 is 11.5 Å². The van der Waals surface area contributed by atoms with Crippen molar-refractivity contribution >= 4 is 0 Å². The number of benzene rings is 2. The average molecular weight is 363 g/mol. The number of aliphatic hydroxyl groups excluding tert-OH is 1. The van der Waals surface area contributed by atoms with Crippen molar-refractivity contribution in [1.82, 2.24) is 4.98 Å². The second-order valence-electron chi connectivity index (χ2n) is 7.07. The normalized spacial score (nSPS) is 12.5. The number of pyridine rings is 1. The molecule has 0 saturated heterocycles. The van der Waals surface area contributed by atoms with Gasteiger partial charge in [0.05, 0.1) is 26.0 Å². The Hall–Kier alpha value is -2.85. The Morgan fingerprint density at radius 2 is 1.52 bits per heavy atom. The van der Waals surface area contributed by atoms with Gasteiger partial charge in [-0.3, -0.25) is 4.98 Å². The highest BCUT2D eigenvalue weighted by Crippen LogP contribution is 2.39. The minimum atomic E-state index is -0.745. The largest absolute Gasteiger partial charge is 0.497 e. The highest BCUT2D eigenvalue weighted by Gasteiger charge is 2.32. The van der Waals surface area contributed by atoms with Gasteiger partial charge in [-0.2, -0.15) is 0 Å². The van der Waals surface area contributed by atoms with Crippen molar-refractivity contribution in [3.8, 4) is 22.8 Å². The van der Waals surface area contributed by atoms with Crippen LogP contribution in [0.4, 0.5) is 0 Å². The molecule has 140 valence electrons. The molecule has 1 aromatic heterocycles. The molecule has 1 atom stereocenters. The molecule has 0 radical (unpaired) electrons. The third kappa shape index (κ3) is 3.96. The molecule has 27 heavy (non-hydrogen) atoms. The van der Waals surface area contributed by atoms with Crippen molar-refractivity contribution < 1.29 is 14.6 Å². The first kappa shape index (κ1) is 18.9. The van der Waals surface area contributed by atoms with Gasteiger partial charge >= 0.3 is 0 Å². The summed E-state index contributed by atoms with van der Waals surface area (Å²) in [6, 6.07) is 19.5. The van der Waals surface area contributed by atoms with Crippen molar-refractivity contribution in [1.29, 1.82) is 0 Å². The fourth-order valence-electron chi connectivity index (χ4n) is 3.12. The quantitative estimate of drug-likeness (QED) is 0.685. The van der Waals surface area contributed by atoms with Gasteiger partial charge in [-0.05, 0) is 29.3 Å². The molecule has 3 aromatic rings. The van der Waals surface area contributed by atoms with Crippen LogP contribution in [0.25, 0.3) is 11.3 Å². The van der Waals surface area contributed by atoms with E-state index in [1.165, 1.54) is 0 Å². The molecule has 0 aliphatic heterocycles. The third-order valence-electron chi connectivity index (χ3n) is 4.95. The van der Waals surface area contributed by atoms with E-state index >= 15 is 0 Å². The van der Waals surface area contributed by atoms with Gasteiger partial charge in [0.1, 0.15) is 11.5 Å². The summed E-state index contributed by atoms with van der Waals surface area (Å²) < 4.78 is 10.7. The molecular formula is C23H25NO3. The molecule has 0 aliphatic carbocycles. The zero-order chi connectivity index (χ0) is 19.4. The first-order chi connectivity index (χ1) is 13.0. The molecule has 2 aromatic carbocycles. The Balaban J connectivity index is 1.91. The number of aliphatic hydroxyl groups is 1. The average Bonchev–Trinajstić information content (AvgIpc) is 2.73. The lowest BCUT2D eigenvalue weighted by atomic mass is 9.77. The minimum absolute atomic E-state index is 0.542. The van der Waals surface area contributed by atoms with Gasteiger partial charge in [0.2, 0.25) is 0 Å². The lowest BCUT2D eigenvalue weighted by molar-refractivity contribution is 0.0996. The van der Waals surface area contributed by atoms with E-state index in [0.29, 0.717) is 11.5 Å². The van der Waals surface area contributed by atoms with E-state index in [0.717, 1.165) is 22.4 Å². The zero-order valence-electron chi connectivity index (χ0n) is 16.1. The second-order valence-corrected chi connectivity index (χ2v) is 7.07. The zero-order valence-corrected chi connectivity index (χ0v) is 16.1. The molecule has 3 rings (SSSR count). The highest BCUT2D eigenvalue weighted by molar-refractivity contribution is 5.59. The molecule has 4 heteroatoms. The number of methoxy groups -OCH3 is 2. The van der Waals surface area contributed by atoms with Crippen LogP contribution in [-0.4, -0.2) is 24.3 Å². The van der Waals surface area contributed by atoms with Gasteiger partial charge in [-0.15, -0.1) is 0 Å². The van der Waals surface area contributed by atoms with E-state index in [1.54, 1.807) is 20.3 Å². The van der Waals surface area contributed by atoms with E-state index in [2.05, 4.69) is 4.98 Å². The first-order valence-corrected chi connectivity index (χ1v) is 8.88. The van der Waals surface area contributed by atoms with Crippen molar-refractivity contribution in [2.75, 3.05) is 14.2 Å². The Kier molecular flexibility index (Phi) is 5.47. The predicted octanol–water partition coefficient (Wildman–Crippen LogP) is 4.78. The Labute approximate surface area is 160 Å². The van der Waals surface area contributed by atoms with Crippen LogP contribution in [0.2, 0.25) is 0 Å². The molecular weight excluding hydrogens is 338 g/mol. The molecule has 1 unspecified atom stereocenters. The van der Waals surface area contributed by atoms with Gasteiger partial charge < -0.3 is 14.6 Å². The summed E-state index contributed by atoms with van der Waals surface area (Å²) in [5.74, 6) is 1.30. The number of hydrogen-bond acceptors (Lipinski definition) is 4. The molecule has 0 fully saturated rings. The summed E-state index contributed by atoms with van der Waals surface area (Å²) in [4.78, 5) is 4.60. The van der Waals surface area contributed by atoms with Crippen molar-refractivity contribution in [3.05, 3.63) is 78.0 Å². The molecule has 0 saturated carbocycles. The third-order valence-corrected chi connectivity index (χ3v) is 4.95. The van der Waals surface area contributed by atoms with E-state index in [-0.39, 0.29) is 0 Å². The van der Waals surface area contributed by atoms with Crippen molar-refractivity contribution in [3.63, 3.8) is 0 Å². The van der Waals surface area contributed by atoms with Gasteiger partial charge in [-0.25, -0.2) is 0 Å². The number of aromatic nitrogens is 1. The van der Waals surface area contributed by atoms with Gasteiger partial charge in [0.15, 0.2) is 0 Å². The smallest absolute Gasteiger partial charge is 0.122 e. The van der Waals surface area contributed by atoms with Gasteiger partial charge in [0, 0.05) is 23.2 Å². The molecule has 0 aliphatic rings. The lowest BCUT2D eigenvalue weighted by Crippen LogP contribution is -2.27. The molecule has 0 amide bonds. The fourth-order valence-corrected chi connectivity index (χ4v) is 3.12. The number of nitrogens with zero attached hydrogens (tertiary/aromatic N) is 1. The Morgan fingerprint density at radius 3 is 2.04 bits per heavy atom. The Bertz CT molecular complexity index is 867. The number of hydrogen-bond donors (Lipinski definition) is 1. The standard InChI is InChI=1S/C23H25NO3/c1-23(2,22(25)17-12-19(26-3)14-20(13-17)27-4)18-10-11-21(24-15-18)16-8-6-5-7-9-16/h5-15,22,25H,1-4H3. The summed E-state index contributed by atoms with van der Waals surface area (Å²) in [6.45, 7) is 4.01. The second kappa shape index (κ2) is 7.80. The predicted molar refractivity (Wildman–Crippen MR) is 107 cm³/mol. The molecule has 0 bridgehead atoms. The molecule has 0 spiro atoms. The van der Waals surface area contributed by atoms with E-state index in [1.807, 2.05) is 74.6 Å². The van der Waals surface area contributed by atoms with Crippen LogP contribution in [0.3, 0.4) is 0 Å². The molecule has 1 N–H and O–H groups in total. The summed E-state index contributed by atoms with van der Waals surface area (Å²) in [7, 11) is 3.20. The van der Waals surface area contributed by atoms with Crippen LogP contribution in [0.15, 0.2) is 66.9 Å². The molecule has 1 heterocycles. The summed E-state index contributed by atoms with van der Waals surface area (Å²) in [5, 5.41) is 11.1. The minimum Gasteiger partial charge on any atom is -0.497 e. The van der Waals surface area contributed by atoms with Crippen LogP contribution in [0.5, 0.6) is 11.5 Å². The van der Waals surface area contributed by atoms with Crippen LogP contribution in [0.1, 0.15) is 31.1 Å². The van der Waals surface area contributed by atoms with Crippen LogP contribution in [0, 0.1) is 0 Å². The SMILES string of the molecule is COc1cc(OC)cc(C(O)C(C)(C)c2ccc(-c3ccccc3)nc2)c1.